The minimum Gasteiger partial charge on any atom is -0.321 e. The third kappa shape index (κ3) is 6.43. The maximum absolute atomic E-state index is 13.1. The van der Waals surface area contributed by atoms with Gasteiger partial charge in [0.1, 0.15) is 5.69 Å². The molecule has 10 heteroatoms. The zero-order valence-electron chi connectivity index (χ0n) is 19.8. The monoisotopic (exact) mass is 556 g/mol. The molecule has 0 aliphatic rings. The molecule has 3 N–H and O–H groups in total. The van der Waals surface area contributed by atoms with E-state index in [1.807, 2.05) is 12.1 Å². The standard InChI is InChI=1S/C27H23Cl3N4O3/c1-2-3-4-16-5-8-19(9-6-16)31-26(36)27(37)33-34-23-12-7-18(28)13-17(23)14-24(34)25(35)32-20-10-11-21(29)22(30)15-20/h5-15H,2-4H2,1H3,(H,31,36)(H,32,35)(H,33,37). The Labute approximate surface area is 228 Å². The van der Waals surface area contributed by atoms with Gasteiger partial charge in [0.15, 0.2) is 0 Å². The highest BCUT2D eigenvalue weighted by atomic mass is 35.5. The Bertz CT molecular complexity index is 1480. The summed E-state index contributed by atoms with van der Waals surface area (Å²) in [5, 5.41) is 6.96. The van der Waals surface area contributed by atoms with Crippen LogP contribution in [0.3, 0.4) is 0 Å². The van der Waals surface area contributed by atoms with Gasteiger partial charge >= 0.3 is 11.8 Å². The fourth-order valence-electron chi connectivity index (χ4n) is 3.72. The van der Waals surface area contributed by atoms with Crippen LogP contribution in [0.1, 0.15) is 35.8 Å². The van der Waals surface area contributed by atoms with Crippen LogP contribution in [0, 0.1) is 0 Å². The van der Waals surface area contributed by atoms with Gasteiger partial charge in [-0.3, -0.25) is 19.8 Å². The number of rotatable bonds is 7. The number of fused-ring (bicyclic) bond motifs is 1. The highest BCUT2D eigenvalue weighted by Crippen LogP contribution is 2.27. The first-order chi connectivity index (χ1) is 17.7. The van der Waals surface area contributed by atoms with Crippen molar-refractivity contribution >= 4 is 74.8 Å². The molecule has 1 heterocycles. The zero-order valence-corrected chi connectivity index (χ0v) is 22.0. The minimum atomic E-state index is -0.953. The van der Waals surface area contributed by atoms with E-state index in [2.05, 4.69) is 23.0 Å². The van der Waals surface area contributed by atoms with Crippen molar-refractivity contribution in [1.29, 1.82) is 0 Å². The summed E-state index contributed by atoms with van der Waals surface area (Å²) in [4.78, 5) is 38.6. The summed E-state index contributed by atoms with van der Waals surface area (Å²) < 4.78 is 1.24. The number of unbranched alkanes of at least 4 members (excludes halogenated alkanes) is 1. The molecule has 3 amide bonds. The largest absolute Gasteiger partial charge is 0.328 e. The Balaban J connectivity index is 1.55. The molecule has 0 spiro atoms. The van der Waals surface area contributed by atoms with Crippen LogP contribution in [0.2, 0.25) is 15.1 Å². The lowest BCUT2D eigenvalue weighted by Gasteiger charge is -2.13. The molecule has 37 heavy (non-hydrogen) atoms. The molecular weight excluding hydrogens is 535 g/mol. The maximum atomic E-state index is 13.1. The van der Waals surface area contributed by atoms with E-state index in [1.165, 1.54) is 10.7 Å². The molecule has 0 radical (unpaired) electrons. The van der Waals surface area contributed by atoms with Crippen LogP contribution < -0.4 is 16.1 Å². The molecule has 0 aliphatic heterocycles. The number of hydrogen-bond acceptors (Lipinski definition) is 3. The van der Waals surface area contributed by atoms with Crippen LogP contribution in [0.15, 0.2) is 66.7 Å². The van der Waals surface area contributed by atoms with E-state index in [1.54, 1.807) is 48.5 Å². The van der Waals surface area contributed by atoms with E-state index in [0.717, 1.165) is 24.8 Å². The second kappa shape index (κ2) is 11.7. The summed E-state index contributed by atoms with van der Waals surface area (Å²) in [6.07, 6.45) is 3.11. The predicted octanol–water partition coefficient (Wildman–Crippen LogP) is 6.91. The number of nitrogens with zero attached hydrogens (tertiary/aromatic N) is 1. The molecule has 0 fully saturated rings. The highest BCUT2D eigenvalue weighted by Gasteiger charge is 2.21. The summed E-state index contributed by atoms with van der Waals surface area (Å²) >= 11 is 18.1. The van der Waals surface area contributed by atoms with Crippen LogP contribution in [-0.4, -0.2) is 22.4 Å². The third-order valence-corrected chi connectivity index (χ3v) is 6.60. The second-order valence-electron chi connectivity index (χ2n) is 8.35. The van der Waals surface area contributed by atoms with Gasteiger partial charge in [0.2, 0.25) is 0 Å². The van der Waals surface area contributed by atoms with E-state index < -0.39 is 17.7 Å². The Morgan fingerprint density at radius 2 is 1.51 bits per heavy atom. The van der Waals surface area contributed by atoms with E-state index >= 15 is 0 Å². The van der Waals surface area contributed by atoms with Crippen LogP contribution in [0.5, 0.6) is 0 Å². The quantitative estimate of drug-likeness (QED) is 0.216. The molecular formula is C27H23Cl3N4O3. The fourth-order valence-corrected chi connectivity index (χ4v) is 4.20. The molecule has 0 unspecified atom stereocenters. The van der Waals surface area contributed by atoms with Crippen molar-refractivity contribution in [2.45, 2.75) is 26.2 Å². The summed E-state index contributed by atoms with van der Waals surface area (Å²) in [6, 6.07) is 18.4. The molecule has 7 nitrogen and oxygen atoms in total. The maximum Gasteiger partial charge on any atom is 0.328 e. The van der Waals surface area contributed by atoms with E-state index in [-0.39, 0.29) is 10.7 Å². The topological polar surface area (TPSA) is 92.2 Å². The number of aryl methyl sites for hydroxylation is 1. The molecule has 1 aromatic heterocycles. The van der Waals surface area contributed by atoms with E-state index in [0.29, 0.717) is 32.3 Å². The van der Waals surface area contributed by atoms with Crippen molar-refractivity contribution in [3.8, 4) is 0 Å². The average molecular weight is 558 g/mol. The molecule has 3 aromatic carbocycles. The van der Waals surface area contributed by atoms with Crippen molar-refractivity contribution in [3.63, 3.8) is 0 Å². The summed E-state index contributed by atoms with van der Waals surface area (Å²) in [7, 11) is 0. The summed E-state index contributed by atoms with van der Waals surface area (Å²) in [6.45, 7) is 2.12. The molecule has 0 saturated heterocycles. The van der Waals surface area contributed by atoms with Gasteiger partial charge in [-0.15, -0.1) is 0 Å². The Morgan fingerprint density at radius 1 is 0.784 bits per heavy atom. The van der Waals surface area contributed by atoms with Gasteiger partial charge in [-0.1, -0.05) is 60.3 Å². The lowest BCUT2D eigenvalue weighted by molar-refractivity contribution is -0.133. The molecule has 0 bridgehead atoms. The molecule has 0 aliphatic carbocycles. The van der Waals surface area contributed by atoms with Crippen LogP contribution in [0.25, 0.3) is 10.9 Å². The van der Waals surface area contributed by atoms with Gasteiger partial charge in [0, 0.05) is 21.8 Å². The predicted molar refractivity (Wildman–Crippen MR) is 149 cm³/mol. The van der Waals surface area contributed by atoms with Crippen LogP contribution >= 0.6 is 34.8 Å². The number of carbonyl (C=O) groups is 3. The Hall–Kier alpha value is -3.52. The first kappa shape index (κ1) is 26.5. The van der Waals surface area contributed by atoms with Crippen molar-refractivity contribution < 1.29 is 14.4 Å². The van der Waals surface area contributed by atoms with Gasteiger partial charge < -0.3 is 10.6 Å². The third-order valence-electron chi connectivity index (χ3n) is 5.62. The average Bonchev–Trinajstić information content (AvgIpc) is 3.23. The Morgan fingerprint density at radius 3 is 2.22 bits per heavy atom. The first-order valence-corrected chi connectivity index (χ1v) is 12.7. The second-order valence-corrected chi connectivity index (χ2v) is 9.60. The summed E-state index contributed by atoms with van der Waals surface area (Å²) in [5.41, 5.74) is 5.11. The van der Waals surface area contributed by atoms with Gasteiger partial charge in [-0.2, -0.15) is 0 Å². The molecule has 0 atom stereocenters. The Kier molecular flexibility index (Phi) is 8.38. The van der Waals surface area contributed by atoms with Crippen molar-refractivity contribution in [2.75, 3.05) is 16.1 Å². The normalized spacial score (nSPS) is 10.8. The fraction of sp³-hybridized carbons (Fsp3) is 0.148. The van der Waals surface area contributed by atoms with Crippen LogP contribution in [0.4, 0.5) is 11.4 Å². The van der Waals surface area contributed by atoms with Gasteiger partial charge in [0.05, 0.1) is 15.6 Å². The number of carbonyl (C=O) groups excluding carboxylic acids is 3. The molecule has 0 saturated carbocycles. The molecule has 190 valence electrons. The minimum absolute atomic E-state index is 0.0739. The summed E-state index contributed by atoms with van der Waals surface area (Å²) in [5.74, 6) is -2.38. The SMILES string of the molecule is CCCCc1ccc(NC(=O)C(=O)Nn2c(C(=O)Nc3ccc(Cl)c(Cl)c3)cc3cc(Cl)ccc32)cc1. The lowest BCUT2D eigenvalue weighted by Crippen LogP contribution is -2.36. The first-order valence-electron chi connectivity index (χ1n) is 11.5. The van der Waals surface area contributed by atoms with Gasteiger partial charge in [0.25, 0.3) is 5.91 Å². The van der Waals surface area contributed by atoms with Crippen LogP contribution in [-0.2, 0) is 16.0 Å². The smallest absolute Gasteiger partial charge is 0.321 e. The van der Waals surface area contributed by atoms with E-state index in [4.69, 9.17) is 34.8 Å². The van der Waals surface area contributed by atoms with Gasteiger partial charge in [-0.25, -0.2) is 4.68 Å². The number of benzene rings is 3. The van der Waals surface area contributed by atoms with Crippen molar-refractivity contribution in [2.24, 2.45) is 0 Å². The number of hydrogen-bond donors (Lipinski definition) is 3. The molecule has 4 rings (SSSR count). The number of halogens is 3. The zero-order chi connectivity index (χ0) is 26.5. The highest BCUT2D eigenvalue weighted by molar-refractivity contribution is 6.43. The number of nitrogens with one attached hydrogen (secondary N) is 3. The van der Waals surface area contributed by atoms with Gasteiger partial charge in [-0.05, 0) is 73.0 Å². The number of anilines is 2. The van der Waals surface area contributed by atoms with Crippen molar-refractivity contribution in [1.82, 2.24) is 4.68 Å². The van der Waals surface area contributed by atoms with E-state index in [9.17, 15) is 14.4 Å². The lowest BCUT2D eigenvalue weighted by atomic mass is 10.1. The van der Waals surface area contributed by atoms with Crippen molar-refractivity contribution in [3.05, 3.63) is 93.1 Å². The number of aromatic nitrogens is 1. The molecule has 4 aromatic rings. The number of amides is 3.